The van der Waals surface area contributed by atoms with E-state index in [1.165, 1.54) is 5.56 Å². The van der Waals surface area contributed by atoms with Crippen LogP contribution in [0.3, 0.4) is 0 Å². The van der Waals surface area contributed by atoms with E-state index in [1.54, 1.807) is 0 Å². The minimum atomic E-state index is -0.0755. The van der Waals surface area contributed by atoms with Crippen molar-refractivity contribution in [1.82, 2.24) is 4.90 Å². The molecule has 1 heterocycles. The van der Waals surface area contributed by atoms with Crippen LogP contribution < -0.4 is 5.73 Å². The fraction of sp³-hybridized carbons (Fsp3) is 0.500. The summed E-state index contributed by atoms with van der Waals surface area (Å²) in [4.78, 5) is 2.32. The Morgan fingerprint density at radius 2 is 2.10 bits per heavy atom. The molecule has 3 N–H and O–H groups in total. The van der Waals surface area contributed by atoms with Gasteiger partial charge in [-0.3, -0.25) is 4.90 Å². The van der Waals surface area contributed by atoms with Crippen molar-refractivity contribution in [2.24, 2.45) is 5.73 Å². The highest BCUT2D eigenvalue weighted by Crippen LogP contribution is 2.14. The highest BCUT2D eigenvalue weighted by molar-refractivity contribution is 5.36. The molecule has 0 bridgehead atoms. The van der Waals surface area contributed by atoms with Crippen LogP contribution in [0.5, 0.6) is 0 Å². The van der Waals surface area contributed by atoms with E-state index >= 15 is 0 Å². The first-order valence-electron chi connectivity index (χ1n) is 6.98. The van der Waals surface area contributed by atoms with Gasteiger partial charge in [-0.2, -0.15) is 0 Å². The highest BCUT2D eigenvalue weighted by Gasteiger charge is 2.24. The molecule has 2 unspecified atom stereocenters. The lowest BCUT2D eigenvalue weighted by Gasteiger charge is -2.36. The molecule has 20 heavy (non-hydrogen) atoms. The van der Waals surface area contributed by atoms with E-state index in [4.69, 9.17) is 10.5 Å². The van der Waals surface area contributed by atoms with E-state index in [-0.39, 0.29) is 18.8 Å². The predicted molar refractivity (Wildman–Crippen MR) is 79.1 cm³/mol. The molecule has 1 aliphatic heterocycles. The Balaban J connectivity index is 1.95. The average Bonchev–Trinajstić information content (AvgIpc) is 2.46. The Morgan fingerprint density at radius 1 is 1.35 bits per heavy atom. The third-order valence-corrected chi connectivity index (χ3v) is 3.30. The second-order valence-corrected chi connectivity index (χ2v) is 5.15. The van der Waals surface area contributed by atoms with E-state index in [2.05, 4.69) is 28.9 Å². The Hall–Kier alpha value is -1.38. The van der Waals surface area contributed by atoms with Gasteiger partial charge in [0.2, 0.25) is 0 Å². The largest absolute Gasteiger partial charge is 0.394 e. The number of aliphatic hydroxyl groups excluding tert-OH is 1. The molecule has 0 aliphatic carbocycles. The SMILES string of the molecule is CC1CN(Cc2ccc(C#CCN)cc2)CC(CO)O1. The first-order chi connectivity index (χ1) is 9.71. The van der Waals surface area contributed by atoms with Crippen molar-refractivity contribution < 1.29 is 9.84 Å². The Kier molecular flexibility index (Phi) is 5.57. The van der Waals surface area contributed by atoms with Gasteiger partial charge in [-0.1, -0.05) is 24.0 Å². The van der Waals surface area contributed by atoms with E-state index in [0.29, 0.717) is 6.54 Å². The van der Waals surface area contributed by atoms with Crippen LogP contribution in [0.15, 0.2) is 24.3 Å². The predicted octanol–water partition coefficient (Wildman–Crippen LogP) is 0.578. The van der Waals surface area contributed by atoms with Gasteiger partial charge in [0.25, 0.3) is 0 Å². The van der Waals surface area contributed by atoms with Crippen molar-refractivity contribution in [1.29, 1.82) is 0 Å². The summed E-state index contributed by atoms with van der Waals surface area (Å²) < 4.78 is 5.65. The molecule has 1 fully saturated rings. The molecule has 1 aromatic rings. The number of hydrogen-bond acceptors (Lipinski definition) is 4. The van der Waals surface area contributed by atoms with E-state index in [1.807, 2.05) is 19.1 Å². The fourth-order valence-electron chi connectivity index (χ4n) is 2.48. The van der Waals surface area contributed by atoms with Crippen molar-refractivity contribution in [3.63, 3.8) is 0 Å². The first-order valence-corrected chi connectivity index (χ1v) is 6.98. The molecule has 1 aliphatic rings. The summed E-state index contributed by atoms with van der Waals surface area (Å²) >= 11 is 0. The maximum absolute atomic E-state index is 9.23. The summed E-state index contributed by atoms with van der Waals surface area (Å²) in [6, 6.07) is 8.22. The normalized spacial score (nSPS) is 23.1. The van der Waals surface area contributed by atoms with E-state index in [9.17, 15) is 5.11 Å². The lowest BCUT2D eigenvalue weighted by atomic mass is 10.1. The Bertz CT molecular complexity index is 475. The molecule has 0 radical (unpaired) electrons. The Labute approximate surface area is 120 Å². The van der Waals surface area contributed by atoms with Crippen LogP contribution in [-0.4, -0.2) is 48.5 Å². The molecule has 0 saturated carbocycles. The molecule has 1 saturated heterocycles. The van der Waals surface area contributed by atoms with Crippen molar-refractivity contribution in [2.75, 3.05) is 26.2 Å². The van der Waals surface area contributed by atoms with Crippen LogP contribution in [-0.2, 0) is 11.3 Å². The molecular weight excluding hydrogens is 252 g/mol. The van der Waals surface area contributed by atoms with Crippen LogP contribution in [0.25, 0.3) is 0 Å². The van der Waals surface area contributed by atoms with Gasteiger partial charge in [-0.15, -0.1) is 0 Å². The van der Waals surface area contributed by atoms with Crippen molar-refractivity contribution in [3.05, 3.63) is 35.4 Å². The molecule has 2 rings (SSSR count). The monoisotopic (exact) mass is 274 g/mol. The molecule has 4 nitrogen and oxygen atoms in total. The summed E-state index contributed by atoms with van der Waals surface area (Å²) in [7, 11) is 0. The minimum Gasteiger partial charge on any atom is -0.394 e. The second kappa shape index (κ2) is 7.41. The molecule has 0 spiro atoms. The van der Waals surface area contributed by atoms with Gasteiger partial charge in [0.05, 0.1) is 25.4 Å². The van der Waals surface area contributed by atoms with Gasteiger partial charge in [0.15, 0.2) is 0 Å². The van der Waals surface area contributed by atoms with E-state index in [0.717, 1.165) is 25.2 Å². The Morgan fingerprint density at radius 3 is 2.75 bits per heavy atom. The van der Waals surface area contributed by atoms with Crippen LogP contribution in [0.2, 0.25) is 0 Å². The minimum absolute atomic E-state index is 0.0755. The number of nitrogens with two attached hydrogens (primary N) is 1. The highest BCUT2D eigenvalue weighted by atomic mass is 16.5. The quantitative estimate of drug-likeness (QED) is 0.792. The zero-order valence-corrected chi connectivity index (χ0v) is 11.9. The van der Waals surface area contributed by atoms with Crippen molar-refractivity contribution in [2.45, 2.75) is 25.7 Å². The molecular formula is C16H22N2O2. The van der Waals surface area contributed by atoms with Crippen LogP contribution in [0.4, 0.5) is 0 Å². The lowest BCUT2D eigenvalue weighted by Crippen LogP contribution is -2.47. The van der Waals surface area contributed by atoms with Gasteiger partial charge in [-0.25, -0.2) is 0 Å². The third kappa shape index (κ3) is 4.32. The fourth-order valence-corrected chi connectivity index (χ4v) is 2.48. The summed E-state index contributed by atoms with van der Waals surface area (Å²) in [5.41, 5.74) is 7.59. The summed E-state index contributed by atoms with van der Waals surface area (Å²) in [5, 5.41) is 9.23. The van der Waals surface area contributed by atoms with Gasteiger partial charge < -0.3 is 15.6 Å². The number of nitrogens with zero attached hydrogens (tertiary/aromatic N) is 1. The number of hydrogen-bond donors (Lipinski definition) is 2. The third-order valence-electron chi connectivity index (χ3n) is 3.30. The van der Waals surface area contributed by atoms with Crippen LogP contribution >= 0.6 is 0 Å². The van der Waals surface area contributed by atoms with Gasteiger partial charge in [-0.05, 0) is 24.6 Å². The van der Waals surface area contributed by atoms with Crippen molar-refractivity contribution in [3.8, 4) is 11.8 Å². The van der Waals surface area contributed by atoms with Gasteiger partial charge in [0, 0.05) is 25.2 Å². The first kappa shape index (κ1) is 15.0. The number of aliphatic hydroxyl groups is 1. The summed E-state index contributed by atoms with van der Waals surface area (Å²) in [6.45, 7) is 5.04. The number of benzene rings is 1. The number of morpholine rings is 1. The second-order valence-electron chi connectivity index (χ2n) is 5.15. The standard InChI is InChI=1S/C16H22N2O2/c1-13-9-18(11-16(12-19)20-13)10-15-6-4-14(5-7-15)3-2-8-17/h4-7,13,16,19H,8-12,17H2,1H3. The smallest absolute Gasteiger partial charge is 0.0936 e. The van der Waals surface area contributed by atoms with Gasteiger partial charge >= 0.3 is 0 Å². The van der Waals surface area contributed by atoms with Crippen molar-refractivity contribution >= 4 is 0 Å². The molecule has 1 aromatic carbocycles. The summed E-state index contributed by atoms with van der Waals surface area (Å²) in [5.74, 6) is 5.86. The molecule has 0 amide bonds. The zero-order valence-electron chi connectivity index (χ0n) is 11.9. The zero-order chi connectivity index (χ0) is 14.4. The number of rotatable bonds is 3. The van der Waals surface area contributed by atoms with Crippen LogP contribution in [0.1, 0.15) is 18.1 Å². The molecule has 108 valence electrons. The van der Waals surface area contributed by atoms with E-state index < -0.39 is 0 Å². The maximum Gasteiger partial charge on any atom is 0.0936 e. The number of ether oxygens (including phenoxy) is 1. The van der Waals surface area contributed by atoms with Gasteiger partial charge in [0.1, 0.15) is 0 Å². The lowest BCUT2D eigenvalue weighted by molar-refractivity contribution is -0.0972. The topological polar surface area (TPSA) is 58.7 Å². The van der Waals surface area contributed by atoms with Crippen LogP contribution in [0, 0.1) is 11.8 Å². The maximum atomic E-state index is 9.23. The molecule has 2 atom stereocenters. The molecule has 4 heteroatoms. The average molecular weight is 274 g/mol. The molecule has 0 aromatic heterocycles. The summed E-state index contributed by atoms with van der Waals surface area (Å²) in [6.07, 6.45) is 0.0871.